The van der Waals surface area contributed by atoms with Gasteiger partial charge in [0.25, 0.3) is 11.8 Å². The molecule has 6 nitrogen and oxygen atoms in total. The van der Waals surface area contributed by atoms with Crippen molar-refractivity contribution in [1.82, 2.24) is 9.80 Å². The zero-order chi connectivity index (χ0) is 18.0. The third kappa shape index (κ3) is 3.91. The number of carbonyl (C=O) groups excluding carboxylic acids is 2. The Labute approximate surface area is 150 Å². The highest BCUT2D eigenvalue weighted by Crippen LogP contribution is 2.16. The molecule has 2 amide bonds. The molecule has 1 aliphatic rings. The van der Waals surface area contributed by atoms with Gasteiger partial charge in [-0.1, -0.05) is 6.07 Å². The first-order valence-corrected chi connectivity index (χ1v) is 10.6. The first kappa shape index (κ1) is 17.6. The summed E-state index contributed by atoms with van der Waals surface area (Å²) in [5.41, 5.74) is 0.449. The van der Waals surface area contributed by atoms with Crippen molar-refractivity contribution < 1.29 is 18.0 Å². The first-order valence-electron chi connectivity index (χ1n) is 7.78. The number of piperazine rings is 1. The van der Waals surface area contributed by atoms with Crippen LogP contribution in [0.25, 0.3) is 0 Å². The Kier molecular flexibility index (Phi) is 4.91. The summed E-state index contributed by atoms with van der Waals surface area (Å²) >= 11 is 1.41. The predicted octanol–water partition coefficient (Wildman–Crippen LogP) is 1.75. The molecule has 0 unspecified atom stereocenters. The Morgan fingerprint density at radius 2 is 1.48 bits per heavy atom. The maximum Gasteiger partial charge on any atom is 0.264 e. The smallest absolute Gasteiger partial charge is 0.264 e. The molecule has 0 atom stereocenters. The molecule has 132 valence electrons. The second kappa shape index (κ2) is 6.97. The van der Waals surface area contributed by atoms with Crippen molar-refractivity contribution in [3.63, 3.8) is 0 Å². The van der Waals surface area contributed by atoms with Crippen LogP contribution in [-0.2, 0) is 9.84 Å². The van der Waals surface area contributed by atoms with Gasteiger partial charge in [-0.25, -0.2) is 8.42 Å². The number of thiophene rings is 1. The fourth-order valence-electron chi connectivity index (χ4n) is 2.70. The molecule has 0 aliphatic carbocycles. The van der Waals surface area contributed by atoms with Crippen LogP contribution in [0.2, 0.25) is 0 Å². The average molecular weight is 378 g/mol. The van der Waals surface area contributed by atoms with Gasteiger partial charge in [-0.15, -0.1) is 11.3 Å². The Morgan fingerprint density at radius 3 is 1.96 bits per heavy atom. The Morgan fingerprint density at radius 1 is 0.920 bits per heavy atom. The van der Waals surface area contributed by atoms with E-state index in [1.807, 2.05) is 11.4 Å². The van der Waals surface area contributed by atoms with E-state index < -0.39 is 9.84 Å². The monoisotopic (exact) mass is 378 g/mol. The summed E-state index contributed by atoms with van der Waals surface area (Å²) in [6, 6.07) is 9.59. The van der Waals surface area contributed by atoms with Gasteiger partial charge in [-0.3, -0.25) is 9.59 Å². The maximum absolute atomic E-state index is 12.5. The summed E-state index contributed by atoms with van der Waals surface area (Å²) < 4.78 is 23.0. The van der Waals surface area contributed by atoms with Crippen LogP contribution in [0.4, 0.5) is 0 Å². The number of benzene rings is 1. The number of hydrogen-bond acceptors (Lipinski definition) is 5. The van der Waals surface area contributed by atoms with Gasteiger partial charge >= 0.3 is 0 Å². The van der Waals surface area contributed by atoms with Crippen molar-refractivity contribution in [3.8, 4) is 0 Å². The van der Waals surface area contributed by atoms with Crippen LogP contribution in [0.3, 0.4) is 0 Å². The van der Waals surface area contributed by atoms with E-state index in [0.29, 0.717) is 36.6 Å². The second-order valence-corrected chi connectivity index (χ2v) is 8.82. The van der Waals surface area contributed by atoms with Crippen LogP contribution in [0, 0.1) is 0 Å². The minimum atomic E-state index is -3.28. The van der Waals surface area contributed by atoms with Crippen molar-refractivity contribution in [2.75, 3.05) is 32.4 Å². The van der Waals surface area contributed by atoms with Crippen LogP contribution in [-0.4, -0.2) is 62.5 Å². The van der Waals surface area contributed by atoms with Crippen LogP contribution in [0.1, 0.15) is 20.0 Å². The summed E-state index contributed by atoms with van der Waals surface area (Å²) in [6.07, 6.45) is 1.13. The SMILES string of the molecule is CS(=O)(=O)c1ccc(C(=O)N2CCN(C(=O)c3cccs3)CC2)cc1. The standard InChI is InChI=1S/C17H18N2O4S2/c1-25(22,23)14-6-4-13(5-7-14)16(20)18-8-10-19(11-9-18)17(21)15-3-2-12-24-15/h2-7,12H,8-11H2,1H3. The van der Waals surface area contributed by atoms with Crippen LogP contribution >= 0.6 is 11.3 Å². The lowest BCUT2D eigenvalue weighted by Crippen LogP contribution is -2.50. The highest BCUT2D eigenvalue weighted by atomic mass is 32.2. The van der Waals surface area contributed by atoms with E-state index in [9.17, 15) is 18.0 Å². The van der Waals surface area contributed by atoms with Gasteiger partial charge in [-0.2, -0.15) is 0 Å². The van der Waals surface area contributed by atoms with Crippen molar-refractivity contribution >= 4 is 33.0 Å². The Bertz CT molecular complexity index is 866. The lowest BCUT2D eigenvalue weighted by atomic mass is 10.2. The van der Waals surface area contributed by atoms with E-state index in [1.54, 1.807) is 15.9 Å². The highest BCUT2D eigenvalue weighted by molar-refractivity contribution is 7.90. The molecule has 0 N–H and O–H groups in total. The molecular weight excluding hydrogens is 360 g/mol. The molecule has 0 spiro atoms. The molecule has 25 heavy (non-hydrogen) atoms. The number of carbonyl (C=O) groups is 2. The molecular formula is C17H18N2O4S2. The van der Waals surface area contributed by atoms with E-state index in [0.717, 1.165) is 6.26 Å². The van der Waals surface area contributed by atoms with Crippen molar-refractivity contribution in [2.24, 2.45) is 0 Å². The van der Waals surface area contributed by atoms with Crippen LogP contribution in [0.5, 0.6) is 0 Å². The van der Waals surface area contributed by atoms with E-state index in [4.69, 9.17) is 0 Å². The fourth-order valence-corrected chi connectivity index (χ4v) is 4.02. The topological polar surface area (TPSA) is 74.8 Å². The molecule has 1 aromatic carbocycles. The summed E-state index contributed by atoms with van der Waals surface area (Å²) in [5.74, 6) is -0.150. The van der Waals surface area contributed by atoms with E-state index in [-0.39, 0.29) is 16.7 Å². The molecule has 1 saturated heterocycles. The van der Waals surface area contributed by atoms with E-state index in [1.165, 1.54) is 35.6 Å². The average Bonchev–Trinajstić information content (AvgIpc) is 3.14. The van der Waals surface area contributed by atoms with Gasteiger partial charge in [0, 0.05) is 38.0 Å². The van der Waals surface area contributed by atoms with Gasteiger partial charge in [0.15, 0.2) is 9.84 Å². The second-order valence-electron chi connectivity index (χ2n) is 5.86. The minimum Gasteiger partial charge on any atom is -0.335 e. The maximum atomic E-state index is 12.5. The van der Waals surface area contributed by atoms with E-state index >= 15 is 0 Å². The molecule has 1 aliphatic heterocycles. The number of nitrogens with zero attached hydrogens (tertiary/aromatic N) is 2. The van der Waals surface area contributed by atoms with Crippen molar-refractivity contribution in [3.05, 3.63) is 52.2 Å². The molecule has 0 saturated carbocycles. The highest BCUT2D eigenvalue weighted by Gasteiger charge is 2.26. The summed E-state index contributed by atoms with van der Waals surface area (Å²) in [7, 11) is -3.28. The largest absolute Gasteiger partial charge is 0.335 e. The van der Waals surface area contributed by atoms with Crippen LogP contribution < -0.4 is 0 Å². The summed E-state index contributed by atoms with van der Waals surface area (Å²) in [6.45, 7) is 1.90. The first-order chi connectivity index (χ1) is 11.9. The number of amides is 2. The normalized spacial score (nSPS) is 15.2. The summed E-state index contributed by atoms with van der Waals surface area (Å²) in [5, 5.41) is 1.87. The lowest BCUT2D eigenvalue weighted by molar-refractivity contribution is 0.0538. The predicted molar refractivity (Wildman–Crippen MR) is 95.7 cm³/mol. The molecule has 1 aromatic heterocycles. The molecule has 0 radical (unpaired) electrons. The minimum absolute atomic E-state index is 0.000366. The zero-order valence-corrected chi connectivity index (χ0v) is 15.3. The fraction of sp³-hybridized carbons (Fsp3) is 0.294. The molecule has 2 heterocycles. The van der Waals surface area contributed by atoms with Gasteiger partial charge in [0.1, 0.15) is 0 Å². The lowest BCUT2D eigenvalue weighted by Gasteiger charge is -2.34. The number of hydrogen-bond donors (Lipinski definition) is 0. The third-order valence-electron chi connectivity index (χ3n) is 4.12. The van der Waals surface area contributed by atoms with Gasteiger partial charge in [0.2, 0.25) is 0 Å². The van der Waals surface area contributed by atoms with Gasteiger partial charge < -0.3 is 9.80 Å². The van der Waals surface area contributed by atoms with Crippen molar-refractivity contribution in [1.29, 1.82) is 0 Å². The Hall–Kier alpha value is -2.19. The zero-order valence-electron chi connectivity index (χ0n) is 13.7. The molecule has 8 heteroatoms. The van der Waals surface area contributed by atoms with Crippen LogP contribution in [0.15, 0.2) is 46.7 Å². The van der Waals surface area contributed by atoms with Gasteiger partial charge in [0.05, 0.1) is 9.77 Å². The molecule has 1 fully saturated rings. The van der Waals surface area contributed by atoms with E-state index in [2.05, 4.69) is 0 Å². The summed E-state index contributed by atoms with van der Waals surface area (Å²) in [4.78, 5) is 29.2. The third-order valence-corrected chi connectivity index (χ3v) is 6.10. The Balaban J connectivity index is 1.63. The molecule has 3 rings (SSSR count). The number of sulfone groups is 1. The van der Waals surface area contributed by atoms with Crippen molar-refractivity contribution in [2.45, 2.75) is 4.90 Å². The van der Waals surface area contributed by atoms with Gasteiger partial charge in [-0.05, 0) is 35.7 Å². The number of rotatable bonds is 3. The molecule has 0 bridgehead atoms. The molecule has 2 aromatic rings. The quantitative estimate of drug-likeness (QED) is 0.816.